The van der Waals surface area contributed by atoms with Gasteiger partial charge in [-0.15, -0.1) is 24.0 Å². The lowest BCUT2D eigenvalue weighted by molar-refractivity contribution is 0.352. The number of hydrogen-bond acceptors (Lipinski definition) is 3. The number of aliphatic imine (C=N–C) groups is 1. The van der Waals surface area contributed by atoms with E-state index in [0.717, 1.165) is 35.5 Å². The van der Waals surface area contributed by atoms with E-state index in [0.29, 0.717) is 24.0 Å². The van der Waals surface area contributed by atoms with Crippen LogP contribution in [0, 0.1) is 5.92 Å². The molecule has 0 spiro atoms. The molecule has 1 aromatic carbocycles. The Balaban J connectivity index is 0.00000529. The minimum Gasteiger partial charge on any atom is -0.493 e. The van der Waals surface area contributed by atoms with Gasteiger partial charge in [-0.3, -0.25) is 0 Å². The Hall–Kier alpha value is -0.700. The van der Waals surface area contributed by atoms with Crippen molar-refractivity contribution in [1.29, 1.82) is 0 Å². The van der Waals surface area contributed by atoms with Crippen LogP contribution in [0.5, 0.6) is 11.5 Å². The summed E-state index contributed by atoms with van der Waals surface area (Å²) < 4.78 is 11.6. The summed E-state index contributed by atoms with van der Waals surface area (Å²) in [5.74, 6) is 2.90. The van der Waals surface area contributed by atoms with E-state index >= 15 is 0 Å². The van der Waals surface area contributed by atoms with Crippen molar-refractivity contribution in [3.63, 3.8) is 0 Å². The second-order valence-corrected chi connectivity index (χ2v) is 6.47. The van der Waals surface area contributed by atoms with E-state index in [9.17, 15) is 0 Å². The highest BCUT2D eigenvalue weighted by Crippen LogP contribution is 2.36. The summed E-state index contributed by atoms with van der Waals surface area (Å²) in [6.45, 7) is 8.81. The van der Waals surface area contributed by atoms with Crippen molar-refractivity contribution in [2.45, 2.75) is 33.7 Å². The topological polar surface area (TPSA) is 54.9 Å². The molecule has 0 aliphatic carbocycles. The maximum atomic E-state index is 5.37. The summed E-state index contributed by atoms with van der Waals surface area (Å²) in [6.07, 6.45) is 1.12. The summed E-state index contributed by atoms with van der Waals surface area (Å²) >= 11 is 3.51. The van der Waals surface area contributed by atoms with Gasteiger partial charge in [-0.05, 0) is 52.9 Å². The monoisotopic (exact) mass is 513 g/mol. The Bertz CT molecular complexity index is 525. The highest BCUT2D eigenvalue weighted by Gasteiger charge is 2.10. The van der Waals surface area contributed by atoms with Gasteiger partial charge in [-0.25, -0.2) is 4.99 Å². The van der Waals surface area contributed by atoms with Gasteiger partial charge in [-0.2, -0.15) is 0 Å². The van der Waals surface area contributed by atoms with E-state index in [-0.39, 0.29) is 24.0 Å². The van der Waals surface area contributed by atoms with E-state index in [1.807, 2.05) is 12.1 Å². The average molecular weight is 514 g/mol. The van der Waals surface area contributed by atoms with Crippen LogP contribution in [0.4, 0.5) is 0 Å². The molecule has 0 radical (unpaired) electrons. The molecule has 0 bridgehead atoms. The fourth-order valence-corrected chi connectivity index (χ4v) is 2.71. The Morgan fingerprint density at radius 1 is 1.21 bits per heavy atom. The molecule has 7 heteroatoms. The SMILES string of the molecule is CCNC(=NCc1cc(Br)c(OC)c(OC)c1)NCCC(C)C.I. The molecule has 0 amide bonds. The van der Waals surface area contributed by atoms with Crippen LogP contribution < -0.4 is 20.1 Å². The minimum absolute atomic E-state index is 0. The second-order valence-electron chi connectivity index (χ2n) is 5.62. The van der Waals surface area contributed by atoms with Gasteiger partial charge in [0.25, 0.3) is 0 Å². The first-order valence-electron chi connectivity index (χ1n) is 7.94. The summed E-state index contributed by atoms with van der Waals surface area (Å²) in [4.78, 5) is 4.63. The molecule has 138 valence electrons. The van der Waals surface area contributed by atoms with Crippen LogP contribution >= 0.6 is 39.9 Å². The first-order valence-corrected chi connectivity index (χ1v) is 8.73. The lowest BCUT2D eigenvalue weighted by atomic mass is 10.1. The Morgan fingerprint density at radius 3 is 2.46 bits per heavy atom. The lowest BCUT2D eigenvalue weighted by Crippen LogP contribution is -2.38. The number of nitrogens with one attached hydrogen (secondary N) is 2. The molecule has 0 aliphatic rings. The number of hydrogen-bond donors (Lipinski definition) is 2. The van der Waals surface area contributed by atoms with Crippen molar-refractivity contribution >= 4 is 45.9 Å². The summed E-state index contributed by atoms with van der Waals surface area (Å²) in [5, 5.41) is 6.62. The van der Waals surface area contributed by atoms with Gasteiger partial charge in [-0.1, -0.05) is 13.8 Å². The van der Waals surface area contributed by atoms with E-state index in [2.05, 4.69) is 52.3 Å². The number of guanidine groups is 1. The zero-order valence-electron chi connectivity index (χ0n) is 15.1. The maximum absolute atomic E-state index is 5.37. The number of methoxy groups -OCH3 is 2. The van der Waals surface area contributed by atoms with Crippen molar-refractivity contribution in [3.05, 3.63) is 22.2 Å². The van der Waals surface area contributed by atoms with Crippen molar-refractivity contribution in [1.82, 2.24) is 10.6 Å². The van der Waals surface area contributed by atoms with Crippen molar-refractivity contribution in [2.75, 3.05) is 27.3 Å². The summed E-state index contributed by atoms with van der Waals surface area (Å²) in [7, 11) is 3.26. The highest BCUT2D eigenvalue weighted by atomic mass is 127. The molecular weight excluding hydrogens is 485 g/mol. The molecule has 0 saturated carbocycles. The number of benzene rings is 1. The van der Waals surface area contributed by atoms with Crippen LogP contribution in [0.15, 0.2) is 21.6 Å². The third-order valence-electron chi connectivity index (χ3n) is 3.27. The van der Waals surface area contributed by atoms with Gasteiger partial charge in [0, 0.05) is 13.1 Å². The fourth-order valence-electron chi connectivity index (χ4n) is 2.05. The molecule has 1 rings (SSSR count). The number of halogens is 2. The van der Waals surface area contributed by atoms with Gasteiger partial charge in [0.2, 0.25) is 0 Å². The minimum atomic E-state index is 0. The summed E-state index contributed by atoms with van der Waals surface area (Å²) in [5.41, 5.74) is 1.05. The second kappa shape index (κ2) is 12.6. The molecule has 24 heavy (non-hydrogen) atoms. The van der Waals surface area contributed by atoms with Gasteiger partial charge >= 0.3 is 0 Å². The Morgan fingerprint density at radius 2 is 1.92 bits per heavy atom. The van der Waals surface area contributed by atoms with Crippen LogP contribution in [0.2, 0.25) is 0 Å². The smallest absolute Gasteiger partial charge is 0.191 e. The van der Waals surface area contributed by atoms with Crippen LogP contribution in [-0.2, 0) is 6.54 Å². The van der Waals surface area contributed by atoms with Gasteiger partial charge in [0.05, 0.1) is 25.2 Å². The zero-order chi connectivity index (χ0) is 17.2. The molecule has 0 heterocycles. The first-order chi connectivity index (χ1) is 11.0. The molecule has 0 fully saturated rings. The number of rotatable bonds is 8. The molecule has 0 atom stereocenters. The Labute approximate surface area is 171 Å². The van der Waals surface area contributed by atoms with E-state index < -0.39 is 0 Å². The molecule has 0 aliphatic heterocycles. The quantitative estimate of drug-likeness (QED) is 0.311. The number of ether oxygens (including phenoxy) is 2. The van der Waals surface area contributed by atoms with E-state index in [1.165, 1.54) is 0 Å². The van der Waals surface area contributed by atoms with Gasteiger partial charge in [0.15, 0.2) is 17.5 Å². The van der Waals surface area contributed by atoms with E-state index in [1.54, 1.807) is 14.2 Å². The van der Waals surface area contributed by atoms with Gasteiger partial charge in [0.1, 0.15) is 0 Å². The number of nitrogens with zero attached hydrogens (tertiary/aromatic N) is 1. The lowest BCUT2D eigenvalue weighted by Gasteiger charge is -2.13. The average Bonchev–Trinajstić information content (AvgIpc) is 2.51. The molecule has 5 nitrogen and oxygen atoms in total. The summed E-state index contributed by atoms with van der Waals surface area (Å²) in [6, 6.07) is 3.95. The maximum Gasteiger partial charge on any atom is 0.191 e. The standard InChI is InChI=1S/C17H28BrN3O2.HI/c1-6-19-17(20-8-7-12(2)3)21-11-13-9-14(18)16(23-5)15(10-13)22-4;/h9-10,12H,6-8,11H2,1-5H3,(H2,19,20,21);1H. The normalized spacial score (nSPS) is 11.0. The third kappa shape index (κ3) is 7.92. The van der Waals surface area contributed by atoms with Crippen molar-refractivity contribution in [3.8, 4) is 11.5 Å². The van der Waals surface area contributed by atoms with Gasteiger partial charge < -0.3 is 20.1 Å². The zero-order valence-corrected chi connectivity index (χ0v) is 19.0. The molecule has 0 saturated heterocycles. The van der Waals surface area contributed by atoms with Crippen LogP contribution in [-0.4, -0.2) is 33.3 Å². The molecule has 2 N–H and O–H groups in total. The van der Waals surface area contributed by atoms with E-state index in [4.69, 9.17) is 9.47 Å². The largest absolute Gasteiger partial charge is 0.493 e. The highest BCUT2D eigenvalue weighted by molar-refractivity contribution is 14.0. The van der Waals surface area contributed by atoms with Crippen LogP contribution in [0.25, 0.3) is 0 Å². The molecule has 1 aromatic rings. The first kappa shape index (κ1) is 23.3. The molecule has 0 aromatic heterocycles. The van der Waals surface area contributed by atoms with Crippen molar-refractivity contribution < 1.29 is 9.47 Å². The third-order valence-corrected chi connectivity index (χ3v) is 3.86. The molecular formula is C17H29BrIN3O2. The Kier molecular flexibility index (Phi) is 12.3. The predicted molar refractivity (Wildman–Crippen MR) is 115 cm³/mol. The predicted octanol–water partition coefficient (Wildman–Crippen LogP) is 4.19. The van der Waals surface area contributed by atoms with Crippen molar-refractivity contribution in [2.24, 2.45) is 10.9 Å². The molecule has 0 unspecified atom stereocenters. The fraction of sp³-hybridized carbons (Fsp3) is 0.588. The van der Waals surface area contributed by atoms with Crippen LogP contribution in [0.1, 0.15) is 32.8 Å². The van der Waals surface area contributed by atoms with Crippen LogP contribution in [0.3, 0.4) is 0 Å².